The number of fused-ring (bicyclic) bond motifs is 1. The number of hydrogen-bond donors (Lipinski definition) is 0. The van der Waals surface area contributed by atoms with E-state index in [1.54, 1.807) is 15.3 Å². The maximum absolute atomic E-state index is 12.9. The molecule has 0 spiro atoms. The van der Waals surface area contributed by atoms with Crippen LogP contribution in [0.4, 0.5) is 5.95 Å². The van der Waals surface area contributed by atoms with E-state index in [-0.39, 0.29) is 5.56 Å². The van der Waals surface area contributed by atoms with Crippen molar-refractivity contribution in [3.63, 3.8) is 0 Å². The summed E-state index contributed by atoms with van der Waals surface area (Å²) in [7, 11) is 0. The quantitative estimate of drug-likeness (QED) is 0.728. The Morgan fingerprint density at radius 2 is 1.92 bits per heavy atom. The molecule has 124 valence electrons. The van der Waals surface area contributed by atoms with Gasteiger partial charge in [-0.1, -0.05) is 30.3 Å². The molecule has 1 aliphatic rings. The van der Waals surface area contributed by atoms with Gasteiger partial charge in [-0.3, -0.25) is 9.36 Å². The molecule has 0 N–H and O–H groups in total. The third kappa shape index (κ3) is 2.37. The lowest BCUT2D eigenvalue weighted by Crippen LogP contribution is -2.38. The van der Waals surface area contributed by atoms with Crippen LogP contribution in [0.25, 0.3) is 16.9 Å². The minimum atomic E-state index is -0.0710. The number of anilines is 1. The summed E-state index contributed by atoms with van der Waals surface area (Å²) in [6.45, 7) is 5.32. The number of aromatic nitrogens is 4. The molecule has 1 aliphatic heterocycles. The van der Waals surface area contributed by atoms with Crippen LogP contribution in [0.1, 0.15) is 6.92 Å². The lowest BCUT2D eigenvalue weighted by Gasteiger charge is -2.26. The van der Waals surface area contributed by atoms with Gasteiger partial charge in [0.05, 0.1) is 19.4 Å². The zero-order chi connectivity index (χ0) is 16.5. The number of benzene rings is 1. The fourth-order valence-electron chi connectivity index (χ4n) is 3.04. The van der Waals surface area contributed by atoms with E-state index in [1.165, 1.54) is 0 Å². The summed E-state index contributed by atoms with van der Waals surface area (Å²) in [6, 6.07) is 9.77. The van der Waals surface area contributed by atoms with Gasteiger partial charge in [-0.15, -0.1) is 5.10 Å². The first-order valence-corrected chi connectivity index (χ1v) is 8.16. The summed E-state index contributed by atoms with van der Waals surface area (Å²) < 4.78 is 8.76. The highest BCUT2D eigenvalue weighted by atomic mass is 16.5. The predicted molar refractivity (Wildman–Crippen MR) is 91.4 cm³/mol. The van der Waals surface area contributed by atoms with Crippen molar-refractivity contribution < 1.29 is 4.74 Å². The Kier molecular flexibility index (Phi) is 3.78. The number of imidazole rings is 1. The van der Waals surface area contributed by atoms with E-state index in [4.69, 9.17) is 9.84 Å². The largest absolute Gasteiger partial charge is 0.378 e. The first kappa shape index (κ1) is 14.9. The van der Waals surface area contributed by atoms with Crippen LogP contribution in [0.5, 0.6) is 0 Å². The molecule has 0 saturated carbocycles. The molecule has 1 saturated heterocycles. The van der Waals surface area contributed by atoms with Gasteiger partial charge in [-0.05, 0) is 6.92 Å². The molecule has 0 unspecified atom stereocenters. The number of morpholine rings is 1. The van der Waals surface area contributed by atoms with Crippen LogP contribution >= 0.6 is 0 Å². The van der Waals surface area contributed by atoms with Gasteiger partial charge in [0.1, 0.15) is 0 Å². The zero-order valence-electron chi connectivity index (χ0n) is 13.6. The van der Waals surface area contributed by atoms with Crippen LogP contribution in [0.3, 0.4) is 0 Å². The van der Waals surface area contributed by atoms with Crippen molar-refractivity contribution in [2.75, 3.05) is 31.2 Å². The fourth-order valence-corrected chi connectivity index (χ4v) is 3.04. The summed E-state index contributed by atoms with van der Waals surface area (Å²) in [5, 5.41) is 4.75. The van der Waals surface area contributed by atoms with Crippen LogP contribution < -0.4 is 10.5 Å². The van der Waals surface area contributed by atoms with Crippen LogP contribution in [0, 0.1) is 0 Å². The van der Waals surface area contributed by atoms with Gasteiger partial charge in [0.2, 0.25) is 5.95 Å². The Bertz CT molecular complexity index is 910. The molecule has 0 amide bonds. The van der Waals surface area contributed by atoms with E-state index in [1.807, 2.05) is 37.3 Å². The van der Waals surface area contributed by atoms with E-state index in [9.17, 15) is 4.79 Å². The number of nitrogens with zero attached hydrogens (tertiary/aromatic N) is 5. The molecule has 0 bridgehead atoms. The second-order valence-corrected chi connectivity index (χ2v) is 5.69. The molecule has 1 aromatic carbocycles. The minimum absolute atomic E-state index is 0.0710. The fraction of sp³-hybridized carbons (Fsp3) is 0.353. The molecule has 0 atom stereocenters. The predicted octanol–water partition coefficient (Wildman–Crippen LogP) is 1.41. The van der Waals surface area contributed by atoms with Gasteiger partial charge in [-0.2, -0.15) is 4.52 Å². The molecule has 7 nitrogen and oxygen atoms in total. The first-order chi connectivity index (χ1) is 11.8. The average Bonchev–Trinajstić information content (AvgIpc) is 3.07. The van der Waals surface area contributed by atoms with Gasteiger partial charge in [0.15, 0.2) is 11.3 Å². The van der Waals surface area contributed by atoms with Gasteiger partial charge in [-0.25, -0.2) is 4.98 Å². The number of ether oxygens (including phenoxy) is 1. The highest BCUT2D eigenvalue weighted by molar-refractivity contribution is 5.58. The van der Waals surface area contributed by atoms with Crippen molar-refractivity contribution in [3.8, 4) is 11.4 Å². The Labute approximate surface area is 139 Å². The molecule has 3 aromatic rings. The lowest BCUT2D eigenvalue weighted by molar-refractivity contribution is 0.122. The second kappa shape index (κ2) is 6.09. The van der Waals surface area contributed by atoms with E-state index in [0.717, 1.165) is 18.7 Å². The van der Waals surface area contributed by atoms with E-state index >= 15 is 0 Å². The molecule has 4 rings (SSSR count). The van der Waals surface area contributed by atoms with Crippen LogP contribution in [0.15, 0.2) is 41.3 Å². The monoisotopic (exact) mass is 325 g/mol. The summed E-state index contributed by atoms with van der Waals surface area (Å²) >= 11 is 0. The summed E-state index contributed by atoms with van der Waals surface area (Å²) in [5.74, 6) is 1.36. The van der Waals surface area contributed by atoms with Crippen molar-refractivity contribution in [1.29, 1.82) is 0 Å². The summed E-state index contributed by atoms with van der Waals surface area (Å²) in [4.78, 5) is 19.4. The van der Waals surface area contributed by atoms with Crippen LogP contribution in [0.2, 0.25) is 0 Å². The SMILES string of the molecule is CCn1c(-c2ccccc2)nn2c(N3CCOCC3)ncc2c1=O. The third-order valence-corrected chi connectivity index (χ3v) is 4.28. The Hall–Kier alpha value is -2.67. The molecule has 2 aromatic heterocycles. The summed E-state index contributed by atoms with van der Waals surface area (Å²) in [6.07, 6.45) is 1.61. The van der Waals surface area contributed by atoms with E-state index in [2.05, 4.69) is 9.88 Å². The molecule has 24 heavy (non-hydrogen) atoms. The average molecular weight is 325 g/mol. The van der Waals surface area contributed by atoms with E-state index in [0.29, 0.717) is 37.0 Å². The molecular weight excluding hydrogens is 306 g/mol. The Morgan fingerprint density at radius 3 is 2.62 bits per heavy atom. The normalized spacial score (nSPS) is 15.1. The first-order valence-electron chi connectivity index (χ1n) is 8.16. The maximum atomic E-state index is 12.9. The molecular formula is C17H19N5O2. The minimum Gasteiger partial charge on any atom is -0.378 e. The second-order valence-electron chi connectivity index (χ2n) is 5.69. The van der Waals surface area contributed by atoms with Crippen molar-refractivity contribution >= 4 is 11.5 Å². The van der Waals surface area contributed by atoms with Gasteiger partial charge in [0.25, 0.3) is 5.56 Å². The lowest BCUT2D eigenvalue weighted by atomic mass is 10.2. The molecule has 3 heterocycles. The maximum Gasteiger partial charge on any atom is 0.279 e. The molecule has 1 fully saturated rings. The summed E-state index contributed by atoms with van der Waals surface area (Å²) in [5.41, 5.74) is 1.34. The van der Waals surface area contributed by atoms with Crippen molar-refractivity contribution in [2.45, 2.75) is 13.5 Å². The van der Waals surface area contributed by atoms with Crippen molar-refractivity contribution in [1.82, 2.24) is 19.2 Å². The van der Waals surface area contributed by atoms with Crippen molar-refractivity contribution in [3.05, 3.63) is 46.9 Å². The number of hydrogen-bond acceptors (Lipinski definition) is 5. The highest BCUT2D eigenvalue weighted by Crippen LogP contribution is 2.19. The van der Waals surface area contributed by atoms with Gasteiger partial charge < -0.3 is 9.64 Å². The highest BCUT2D eigenvalue weighted by Gasteiger charge is 2.20. The smallest absolute Gasteiger partial charge is 0.279 e. The van der Waals surface area contributed by atoms with Gasteiger partial charge >= 0.3 is 0 Å². The molecule has 0 radical (unpaired) electrons. The van der Waals surface area contributed by atoms with Crippen LogP contribution in [-0.2, 0) is 11.3 Å². The zero-order valence-corrected chi connectivity index (χ0v) is 13.6. The van der Waals surface area contributed by atoms with E-state index < -0.39 is 0 Å². The number of rotatable bonds is 3. The van der Waals surface area contributed by atoms with Crippen molar-refractivity contribution in [2.24, 2.45) is 0 Å². The molecule has 7 heteroatoms. The Balaban J connectivity index is 1.94. The third-order valence-electron chi connectivity index (χ3n) is 4.28. The standard InChI is InChI=1S/C17H19N5O2/c1-2-21-15(13-6-4-3-5-7-13)19-22-14(16(21)23)12-18-17(22)20-8-10-24-11-9-20/h3-7,12H,2,8-11H2,1H3. The van der Waals surface area contributed by atoms with Crippen LogP contribution in [-0.4, -0.2) is 45.5 Å². The van der Waals surface area contributed by atoms with Gasteiger partial charge in [0, 0.05) is 25.2 Å². The Morgan fingerprint density at radius 1 is 1.17 bits per heavy atom. The topological polar surface area (TPSA) is 64.7 Å². The molecule has 0 aliphatic carbocycles.